The summed E-state index contributed by atoms with van der Waals surface area (Å²) in [5.41, 5.74) is 2.94. The van der Waals surface area contributed by atoms with Crippen molar-refractivity contribution in [2.45, 2.75) is 6.92 Å². The minimum atomic E-state index is -0.264. The van der Waals surface area contributed by atoms with Crippen molar-refractivity contribution in [2.24, 2.45) is 0 Å². The lowest BCUT2D eigenvalue weighted by molar-refractivity contribution is 0.0303. The first-order chi connectivity index (χ1) is 15.1. The number of hydrogen-bond donors (Lipinski definition) is 1. The minimum absolute atomic E-state index is 0.0794. The van der Waals surface area contributed by atoms with E-state index in [2.05, 4.69) is 5.32 Å². The molecular formula is C24H24N2O4S. The number of methoxy groups -OCH3 is 1. The number of anilines is 1. The molecule has 1 aromatic heterocycles. The number of carbonyl (C=O) groups is 2. The minimum Gasteiger partial charge on any atom is -0.497 e. The molecule has 31 heavy (non-hydrogen) atoms. The van der Waals surface area contributed by atoms with Crippen molar-refractivity contribution in [2.75, 3.05) is 38.7 Å². The predicted molar refractivity (Wildman–Crippen MR) is 122 cm³/mol. The van der Waals surface area contributed by atoms with Gasteiger partial charge >= 0.3 is 0 Å². The first-order valence-corrected chi connectivity index (χ1v) is 10.9. The summed E-state index contributed by atoms with van der Waals surface area (Å²) in [4.78, 5) is 29.1. The average molecular weight is 437 g/mol. The second-order valence-electron chi connectivity index (χ2n) is 7.21. The zero-order valence-corrected chi connectivity index (χ0v) is 18.3. The van der Waals surface area contributed by atoms with Crippen LogP contribution in [0.3, 0.4) is 0 Å². The standard InChI is InChI=1S/C24H24N2O4S/c1-16-20(24(28)26-12-14-30-15-13-26)23(31-21(16)17-6-4-3-5-7-17)25-22(27)18-8-10-19(29-2)11-9-18/h3-11H,12-15H2,1-2H3,(H,25,27). The number of morpholine rings is 1. The summed E-state index contributed by atoms with van der Waals surface area (Å²) in [6.45, 7) is 4.07. The van der Waals surface area contributed by atoms with Crippen molar-refractivity contribution in [3.8, 4) is 16.2 Å². The van der Waals surface area contributed by atoms with E-state index in [1.165, 1.54) is 11.3 Å². The molecule has 0 aliphatic carbocycles. The highest BCUT2D eigenvalue weighted by Crippen LogP contribution is 2.40. The van der Waals surface area contributed by atoms with Crippen LogP contribution in [-0.4, -0.2) is 50.1 Å². The van der Waals surface area contributed by atoms with E-state index in [9.17, 15) is 9.59 Å². The molecule has 0 spiro atoms. The summed E-state index contributed by atoms with van der Waals surface area (Å²) in [5.74, 6) is 0.335. The van der Waals surface area contributed by atoms with Crippen LogP contribution in [0.25, 0.3) is 10.4 Å². The van der Waals surface area contributed by atoms with Gasteiger partial charge in [0, 0.05) is 23.5 Å². The zero-order valence-electron chi connectivity index (χ0n) is 17.5. The van der Waals surface area contributed by atoms with Crippen LogP contribution >= 0.6 is 11.3 Å². The number of ether oxygens (including phenoxy) is 2. The lowest BCUT2D eigenvalue weighted by Gasteiger charge is -2.27. The smallest absolute Gasteiger partial charge is 0.257 e. The number of nitrogens with zero attached hydrogens (tertiary/aromatic N) is 1. The number of rotatable bonds is 5. The Hall–Kier alpha value is -3.16. The Kier molecular flexibility index (Phi) is 6.34. The molecule has 2 heterocycles. The fourth-order valence-corrected chi connectivity index (χ4v) is 4.77. The van der Waals surface area contributed by atoms with Gasteiger partial charge in [0.2, 0.25) is 0 Å². The van der Waals surface area contributed by atoms with Crippen LogP contribution in [0.1, 0.15) is 26.3 Å². The maximum absolute atomic E-state index is 13.4. The molecule has 2 amide bonds. The zero-order chi connectivity index (χ0) is 21.8. The second-order valence-corrected chi connectivity index (χ2v) is 8.23. The van der Waals surface area contributed by atoms with Crippen LogP contribution in [-0.2, 0) is 4.74 Å². The molecule has 0 unspecified atom stereocenters. The Morgan fingerprint density at radius 1 is 1.03 bits per heavy atom. The van der Waals surface area contributed by atoms with Crippen molar-refractivity contribution < 1.29 is 19.1 Å². The molecule has 0 atom stereocenters. The monoisotopic (exact) mass is 436 g/mol. The van der Waals surface area contributed by atoms with Crippen molar-refractivity contribution in [1.29, 1.82) is 0 Å². The SMILES string of the molecule is COc1ccc(C(=O)Nc2sc(-c3ccccc3)c(C)c2C(=O)N2CCOCC2)cc1. The van der Waals surface area contributed by atoms with Crippen LogP contribution < -0.4 is 10.1 Å². The largest absolute Gasteiger partial charge is 0.497 e. The molecule has 160 valence electrons. The van der Waals surface area contributed by atoms with Crippen molar-refractivity contribution in [3.05, 3.63) is 71.3 Å². The Labute approximate surface area is 185 Å². The van der Waals surface area contributed by atoms with E-state index < -0.39 is 0 Å². The predicted octanol–water partition coefficient (Wildman–Crippen LogP) is 4.46. The number of nitrogens with one attached hydrogen (secondary N) is 1. The molecule has 4 rings (SSSR count). The van der Waals surface area contributed by atoms with E-state index >= 15 is 0 Å². The topological polar surface area (TPSA) is 67.9 Å². The van der Waals surface area contributed by atoms with Crippen molar-refractivity contribution >= 4 is 28.2 Å². The normalized spacial score (nSPS) is 13.7. The molecule has 0 bridgehead atoms. The lowest BCUT2D eigenvalue weighted by Crippen LogP contribution is -2.41. The number of benzene rings is 2. The summed E-state index contributed by atoms with van der Waals surface area (Å²) in [7, 11) is 1.58. The fraction of sp³-hybridized carbons (Fsp3) is 0.250. The summed E-state index contributed by atoms with van der Waals surface area (Å²) >= 11 is 1.43. The Balaban J connectivity index is 1.70. The molecule has 1 fully saturated rings. The highest BCUT2D eigenvalue weighted by molar-refractivity contribution is 7.20. The lowest BCUT2D eigenvalue weighted by atomic mass is 10.1. The van der Waals surface area contributed by atoms with Gasteiger partial charge in [-0.25, -0.2) is 0 Å². The fourth-order valence-electron chi connectivity index (χ4n) is 3.57. The van der Waals surface area contributed by atoms with Crippen molar-refractivity contribution in [1.82, 2.24) is 4.90 Å². The third-order valence-corrected chi connectivity index (χ3v) is 6.53. The van der Waals surface area contributed by atoms with Crippen LogP contribution in [0.15, 0.2) is 54.6 Å². The molecule has 0 saturated carbocycles. The first kappa shape index (κ1) is 21.1. The van der Waals surface area contributed by atoms with E-state index in [0.717, 1.165) is 16.0 Å². The third kappa shape index (κ3) is 4.47. The molecular weight excluding hydrogens is 412 g/mol. The van der Waals surface area contributed by atoms with E-state index in [4.69, 9.17) is 9.47 Å². The second kappa shape index (κ2) is 9.32. The molecule has 0 radical (unpaired) electrons. The molecule has 1 aliphatic rings. The van der Waals surface area contributed by atoms with Crippen LogP contribution in [0, 0.1) is 6.92 Å². The molecule has 1 aliphatic heterocycles. The van der Waals surface area contributed by atoms with Gasteiger partial charge in [-0.1, -0.05) is 30.3 Å². The van der Waals surface area contributed by atoms with Gasteiger partial charge in [0.1, 0.15) is 10.8 Å². The number of amides is 2. The molecule has 2 aromatic carbocycles. The third-order valence-electron chi connectivity index (χ3n) is 5.27. The summed E-state index contributed by atoms with van der Waals surface area (Å²) < 4.78 is 10.6. The highest BCUT2D eigenvalue weighted by atomic mass is 32.1. The van der Waals surface area contributed by atoms with Gasteiger partial charge in [-0.3, -0.25) is 9.59 Å². The van der Waals surface area contributed by atoms with Gasteiger partial charge < -0.3 is 19.7 Å². The van der Waals surface area contributed by atoms with E-state index in [-0.39, 0.29) is 11.8 Å². The Morgan fingerprint density at radius 2 is 1.71 bits per heavy atom. The van der Waals surface area contributed by atoms with Gasteiger partial charge in [0.25, 0.3) is 11.8 Å². The first-order valence-electron chi connectivity index (χ1n) is 10.1. The molecule has 6 nitrogen and oxygen atoms in total. The van der Waals surface area contributed by atoms with Crippen LogP contribution in [0.2, 0.25) is 0 Å². The van der Waals surface area contributed by atoms with Crippen molar-refractivity contribution in [3.63, 3.8) is 0 Å². The summed E-state index contributed by atoms with van der Waals surface area (Å²) in [6.07, 6.45) is 0. The Bertz CT molecular complexity index is 1070. The summed E-state index contributed by atoms with van der Waals surface area (Å²) in [5, 5.41) is 3.54. The number of hydrogen-bond acceptors (Lipinski definition) is 5. The maximum atomic E-state index is 13.4. The van der Waals surface area contributed by atoms with Gasteiger partial charge in [-0.15, -0.1) is 11.3 Å². The maximum Gasteiger partial charge on any atom is 0.257 e. The van der Waals surface area contributed by atoms with E-state index in [0.29, 0.717) is 48.2 Å². The summed E-state index contributed by atoms with van der Waals surface area (Å²) in [6, 6.07) is 16.8. The molecule has 7 heteroatoms. The van der Waals surface area contributed by atoms with Gasteiger partial charge in [0.05, 0.1) is 25.9 Å². The molecule has 3 aromatic rings. The molecule has 1 saturated heterocycles. The van der Waals surface area contributed by atoms with Crippen LogP contribution in [0.4, 0.5) is 5.00 Å². The quantitative estimate of drug-likeness (QED) is 0.641. The average Bonchev–Trinajstić information content (AvgIpc) is 3.15. The van der Waals surface area contributed by atoms with Gasteiger partial charge in [0.15, 0.2) is 0 Å². The Morgan fingerprint density at radius 3 is 2.35 bits per heavy atom. The van der Waals surface area contributed by atoms with E-state index in [1.54, 1.807) is 36.3 Å². The molecule has 1 N–H and O–H groups in total. The van der Waals surface area contributed by atoms with Crippen LogP contribution in [0.5, 0.6) is 5.75 Å². The highest BCUT2D eigenvalue weighted by Gasteiger charge is 2.28. The number of thiophene rings is 1. The number of carbonyl (C=O) groups excluding carboxylic acids is 2. The van der Waals surface area contributed by atoms with E-state index in [1.807, 2.05) is 37.3 Å². The van der Waals surface area contributed by atoms with Gasteiger partial charge in [-0.05, 0) is 42.3 Å². The van der Waals surface area contributed by atoms with Gasteiger partial charge in [-0.2, -0.15) is 0 Å².